The van der Waals surface area contributed by atoms with E-state index in [0.717, 1.165) is 57.4 Å². The van der Waals surface area contributed by atoms with Crippen molar-refractivity contribution >= 4 is 18.3 Å². The molecule has 0 saturated carbocycles. The van der Waals surface area contributed by atoms with Crippen LogP contribution in [-0.2, 0) is 0 Å². The highest BCUT2D eigenvalue weighted by Crippen LogP contribution is 2.32. The fourth-order valence-corrected chi connectivity index (χ4v) is 4.65. The zero-order chi connectivity index (χ0) is 19.5. The first-order valence-corrected chi connectivity index (χ1v) is 10.6. The van der Waals surface area contributed by atoms with Gasteiger partial charge in [0.25, 0.3) is 5.91 Å². The Bertz CT molecular complexity index is 830. The standard InChI is InChI=1S/C22H31N5O.ClH/c1-16-7-6-8-18(15-16)20-9-4-3-5-14-26(20)22(28)21-17(2)27(25-24-21)19-10-12-23-13-11-19;/h6-8,15,19-20,23H,3-5,9-14H2,1-2H3;1H. The molecule has 2 aromatic rings. The third kappa shape index (κ3) is 4.64. The molecule has 1 N–H and O–H groups in total. The van der Waals surface area contributed by atoms with E-state index in [1.807, 2.05) is 16.5 Å². The van der Waals surface area contributed by atoms with Crippen LogP contribution in [0.2, 0.25) is 0 Å². The van der Waals surface area contributed by atoms with E-state index in [1.54, 1.807) is 0 Å². The van der Waals surface area contributed by atoms with Gasteiger partial charge >= 0.3 is 0 Å². The Labute approximate surface area is 179 Å². The number of nitrogens with zero attached hydrogens (tertiary/aromatic N) is 4. The maximum absolute atomic E-state index is 13.5. The molecule has 29 heavy (non-hydrogen) atoms. The van der Waals surface area contributed by atoms with Crippen LogP contribution in [-0.4, -0.2) is 45.4 Å². The molecule has 2 fully saturated rings. The summed E-state index contributed by atoms with van der Waals surface area (Å²) in [5, 5.41) is 12.1. The molecular weight excluding hydrogens is 386 g/mol. The number of likely N-dealkylation sites (tertiary alicyclic amines) is 1. The molecule has 2 aliphatic rings. The Morgan fingerprint density at radius 1 is 1.10 bits per heavy atom. The predicted octanol–water partition coefficient (Wildman–Crippen LogP) is 4.00. The van der Waals surface area contributed by atoms with Crippen molar-refractivity contribution in [2.45, 2.75) is 64.5 Å². The lowest BCUT2D eigenvalue weighted by molar-refractivity contribution is 0.0673. The van der Waals surface area contributed by atoms with Gasteiger partial charge in [0.15, 0.2) is 5.69 Å². The number of nitrogens with one attached hydrogen (secondary N) is 1. The number of aryl methyl sites for hydroxylation is 1. The van der Waals surface area contributed by atoms with Gasteiger partial charge in [0.2, 0.25) is 0 Å². The zero-order valence-electron chi connectivity index (χ0n) is 17.4. The van der Waals surface area contributed by atoms with E-state index >= 15 is 0 Å². The van der Waals surface area contributed by atoms with E-state index in [1.165, 1.54) is 17.5 Å². The summed E-state index contributed by atoms with van der Waals surface area (Å²) in [5.74, 6) is 0.0334. The van der Waals surface area contributed by atoms with Crippen molar-refractivity contribution in [3.8, 4) is 0 Å². The second-order valence-corrected chi connectivity index (χ2v) is 8.23. The summed E-state index contributed by atoms with van der Waals surface area (Å²) in [6.07, 6.45) is 6.46. The summed E-state index contributed by atoms with van der Waals surface area (Å²) in [4.78, 5) is 15.6. The number of hydrogen-bond donors (Lipinski definition) is 1. The van der Waals surface area contributed by atoms with Crippen LogP contribution >= 0.6 is 12.4 Å². The number of halogens is 1. The van der Waals surface area contributed by atoms with Gasteiger partial charge in [-0.2, -0.15) is 0 Å². The Morgan fingerprint density at radius 2 is 1.90 bits per heavy atom. The van der Waals surface area contributed by atoms with Crippen LogP contribution in [0.25, 0.3) is 0 Å². The number of carbonyl (C=O) groups excluding carboxylic acids is 1. The quantitative estimate of drug-likeness (QED) is 0.819. The molecule has 0 radical (unpaired) electrons. The van der Waals surface area contributed by atoms with Crippen LogP contribution in [0.15, 0.2) is 24.3 Å². The first-order valence-electron chi connectivity index (χ1n) is 10.6. The van der Waals surface area contributed by atoms with Crippen molar-refractivity contribution in [3.63, 3.8) is 0 Å². The molecule has 1 atom stereocenters. The smallest absolute Gasteiger partial charge is 0.276 e. The van der Waals surface area contributed by atoms with Crippen LogP contribution in [0.1, 0.15) is 77.9 Å². The van der Waals surface area contributed by atoms with E-state index in [-0.39, 0.29) is 24.4 Å². The lowest BCUT2D eigenvalue weighted by Gasteiger charge is -2.30. The molecule has 1 aromatic carbocycles. The van der Waals surface area contributed by atoms with Crippen molar-refractivity contribution in [1.29, 1.82) is 0 Å². The molecule has 3 heterocycles. The molecule has 4 rings (SSSR count). The van der Waals surface area contributed by atoms with Crippen molar-refractivity contribution in [3.05, 3.63) is 46.8 Å². The largest absolute Gasteiger partial charge is 0.330 e. The highest BCUT2D eigenvalue weighted by molar-refractivity contribution is 5.93. The number of aromatic nitrogens is 3. The second-order valence-electron chi connectivity index (χ2n) is 8.23. The lowest BCUT2D eigenvalue weighted by Crippen LogP contribution is -2.35. The van der Waals surface area contributed by atoms with E-state index in [2.05, 4.69) is 46.8 Å². The molecule has 6 nitrogen and oxygen atoms in total. The SMILES string of the molecule is Cc1cccc(C2CCCCCN2C(=O)c2nnn(C3CCNCC3)c2C)c1.Cl. The Balaban J connectivity index is 0.00000240. The van der Waals surface area contributed by atoms with Crippen LogP contribution in [0.3, 0.4) is 0 Å². The molecule has 1 amide bonds. The molecule has 158 valence electrons. The van der Waals surface area contributed by atoms with E-state index in [4.69, 9.17) is 0 Å². The van der Waals surface area contributed by atoms with E-state index < -0.39 is 0 Å². The van der Waals surface area contributed by atoms with Crippen molar-refractivity contribution in [1.82, 2.24) is 25.2 Å². The molecule has 0 spiro atoms. The minimum absolute atomic E-state index is 0. The van der Waals surface area contributed by atoms with Gasteiger partial charge < -0.3 is 10.2 Å². The van der Waals surface area contributed by atoms with Crippen LogP contribution in [0.4, 0.5) is 0 Å². The number of amides is 1. The van der Waals surface area contributed by atoms with Gasteiger partial charge in [-0.3, -0.25) is 4.79 Å². The number of carbonyl (C=O) groups is 1. The van der Waals surface area contributed by atoms with Crippen molar-refractivity contribution in [2.24, 2.45) is 0 Å². The fourth-order valence-electron chi connectivity index (χ4n) is 4.65. The minimum atomic E-state index is 0. The second kappa shape index (κ2) is 9.72. The average molecular weight is 418 g/mol. The molecule has 0 aliphatic carbocycles. The summed E-state index contributed by atoms with van der Waals surface area (Å²) in [6, 6.07) is 9.04. The Morgan fingerprint density at radius 3 is 2.66 bits per heavy atom. The molecular formula is C22H32ClN5O. The van der Waals surface area contributed by atoms with Crippen LogP contribution in [0, 0.1) is 13.8 Å². The zero-order valence-corrected chi connectivity index (χ0v) is 18.2. The first kappa shape index (κ1) is 21.8. The summed E-state index contributed by atoms with van der Waals surface area (Å²) in [6.45, 7) is 6.89. The topological polar surface area (TPSA) is 63.1 Å². The van der Waals surface area contributed by atoms with Gasteiger partial charge in [-0.05, 0) is 58.2 Å². The number of rotatable bonds is 3. The van der Waals surface area contributed by atoms with Gasteiger partial charge in [-0.1, -0.05) is 47.9 Å². The molecule has 2 aliphatic heterocycles. The monoisotopic (exact) mass is 417 g/mol. The number of piperidine rings is 1. The molecule has 2 saturated heterocycles. The molecule has 0 bridgehead atoms. The maximum Gasteiger partial charge on any atom is 0.276 e. The Hall–Kier alpha value is -1.92. The van der Waals surface area contributed by atoms with Gasteiger partial charge in [0.1, 0.15) is 0 Å². The maximum atomic E-state index is 13.5. The van der Waals surface area contributed by atoms with Crippen molar-refractivity contribution < 1.29 is 4.79 Å². The normalized spacial score (nSPS) is 20.8. The van der Waals surface area contributed by atoms with Gasteiger partial charge in [-0.25, -0.2) is 4.68 Å². The van der Waals surface area contributed by atoms with E-state index in [0.29, 0.717) is 11.7 Å². The van der Waals surface area contributed by atoms with Gasteiger partial charge in [0, 0.05) is 6.54 Å². The summed E-state index contributed by atoms with van der Waals surface area (Å²) < 4.78 is 1.98. The van der Waals surface area contributed by atoms with Gasteiger partial charge in [0.05, 0.1) is 17.8 Å². The van der Waals surface area contributed by atoms with Crippen molar-refractivity contribution in [2.75, 3.05) is 19.6 Å². The van der Waals surface area contributed by atoms with Gasteiger partial charge in [-0.15, -0.1) is 17.5 Å². The van der Waals surface area contributed by atoms with Crippen LogP contribution in [0.5, 0.6) is 0 Å². The summed E-state index contributed by atoms with van der Waals surface area (Å²) >= 11 is 0. The predicted molar refractivity (Wildman–Crippen MR) is 117 cm³/mol. The van der Waals surface area contributed by atoms with Crippen LogP contribution < -0.4 is 5.32 Å². The third-order valence-electron chi connectivity index (χ3n) is 6.23. The lowest BCUT2D eigenvalue weighted by atomic mass is 9.99. The third-order valence-corrected chi connectivity index (χ3v) is 6.23. The highest BCUT2D eigenvalue weighted by Gasteiger charge is 2.31. The Kier molecular flexibility index (Phi) is 7.30. The molecule has 7 heteroatoms. The average Bonchev–Trinajstić information content (AvgIpc) is 2.94. The number of benzene rings is 1. The summed E-state index contributed by atoms with van der Waals surface area (Å²) in [7, 11) is 0. The number of hydrogen-bond acceptors (Lipinski definition) is 4. The molecule has 1 unspecified atom stereocenters. The fraction of sp³-hybridized carbons (Fsp3) is 0.591. The molecule has 1 aromatic heterocycles. The first-order chi connectivity index (χ1) is 13.6. The highest BCUT2D eigenvalue weighted by atomic mass is 35.5. The van der Waals surface area contributed by atoms with E-state index in [9.17, 15) is 4.79 Å². The minimum Gasteiger partial charge on any atom is -0.330 e. The summed E-state index contributed by atoms with van der Waals surface area (Å²) in [5.41, 5.74) is 3.91.